The van der Waals surface area contributed by atoms with E-state index >= 15 is 0 Å². The van der Waals surface area contributed by atoms with Crippen LogP contribution < -0.4 is 4.90 Å². The number of aryl methyl sites for hydroxylation is 5. The molecule has 5 heteroatoms. The molecule has 0 saturated carbocycles. The predicted molar refractivity (Wildman–Crippen MR) is 126 cm³/mol. The molecule has 162 valence electrons. The molecule has 5 nitrogen and oxygen atoms in total. The monoisotopic (exact) mass is 416 g/mol. The quantitative estimate of drug-likeness (QED) is 0.620. The summed E-state index contributed by atoms with van der Waals surface area (Å²) < 4.78 is 1.96. The first kappa shape index (κ1) is 21.2. The summed E-state index contributed by atoms with van der Waals surface area (Å²) >= 11 is 0. The molecule has 0 atom stereocenters. The van der Waals surface area contributed by atoms with Gasteiger partial charge in [0.25, 0.3) is 0 Å². The minimum absolute atomic E-state index is 0.253. The molecule has 1 aliphatic heterocycles. The Hall–Kier alpha value is -3.08. The van der Waals surface area contributed by atoms with Gasteiger partial charge in [-0.25, -0.2) is 4.68 Å². The summed E-state index contributed by atoms with van der Waals surface area (Å²) in [7, 11) is 0. The zero-order chi connectivity index (χ0) is 22.0. The Morgan fingerprint density at radius 1 is 0.903 bits per heavy atom. The normalized spacial score (nSPS) is 14.2. The number of nitrogens with zero attached hydrogens (tertiary/aromatic N) is 4. The van der Waals surface area contributed by atoms with E-state index in [1.165, 1.54) is 22.4 Å². The molecular weight excluding hydrogens is 384 g/mol. The Balaban J connectivity index is 1.29. The molecule has 4 rings (SSSR count). The number of hydrogen-bond acceptors (Lipinski definition) is 3. The van der Waals surface area contributed by atoms with Crippen LogP contribution in [0.1, 0.15) is 34.5 Å². The third kappa shape index (κ3) is 4.82. The minimum Gasteiger partial charge on any atom is -0.368 e. The molecule has 1 fully saturated rings. The van der Waals surface area contributed by atoms with Crippen molar-refractivity contribution in [3.8, 4) is 5.69 Å². The maximum absolute atomic E-state index is 12.8. The second kappa shape index (κ2) is 8.96. The lowest BCUT2D eigenvalue weighted by molar-refractivity contribution is -0.131. The Kier molecular flexibility index (Phi) is 6.12. The van der Waals surface area contributed by atoms with Gasteiger partial charge in [0.15, 0.2) is 0 Å². The van der Waals surface area contributed by atoms with Crippen LogP contribution in [0.3, 0.4) is 0 Å². The van der Waals surface area contributed by atoms with Crippen LogP contribution in [0.15, 0.2) is 48.5 Å². The lowest BCUT2D eigenvalue weighted by Crippen LogP contribution is -2.49. The van der Waals surface area contributed by atoms with E-state index in [-0.39, 0.29) is 5.91 Å². The number of hydrogen-bond donors (Lipinski definition) is 0. The number of piperazine rings is 1. The summed E-state index contributed by atoms with van der Waals surface area (Å²) in [4.78, 5) is 17.2. The SMILES string of the molecule is Cc1ccc(C)c(N2CCN(C(=O)CCc3ccc(-n4nc(C)cc4C)cc3)CC2)c1. The summed E-state index contributed by atoms with van der Waals surface area (Å²) in [6.45, 7) is 11.7. The van der Waals surface area contributed by atoms with E-state index in [9.17, 15) is 4.79 Å². The lowest BCUT2D eigenvalue weighted by atomic mass is 10.1. The van der Waals surface area contributed by atoms with Gasteiger partial charge in [0.2, 0.25) is 5.91 Å². The average molecular weight is 417 g/mol. The van der Waals surface area contributed by atoms with Crippen molar-refractivity contribution in [2.75, 3.05) is 31.1 Å². The number of benzene rings is 2. The van der Waals surface area contributed by atoms with Crippen molar-refractivity contribution in [2.45, 2.75) is 40.5 Å². The largest absolute Gasteiger partial charge is 0.368 e. The molecule has 1 aromatic heterocycles. The van der Waals surface area contributed by atoms with E-state index in [4.69, 9.17) is 0 Å². The predicted octanol–water partition coefficient (Wildman–Crippen LogP) is 4.39. The van der Waals surface area contributed by atoms with Gasteiger partial charge in [0.05, 0.1) is 11.4 Å². The standard InChI is InChI=1S/C26H32N4O/c1-19-5-6-20(2)25(17-19)28-13-15-29(16-14-28)26(31)12-9-23-7-10-24(11-8-23)30-22(4)18-21(3)27-30/h5-8,10-11,17-18H,9,12-16H2,1-4H3. The minimum atomic E-state index is 0.253. The van der Waals surface area contributed by atoms with Gasteiger partial charge in [0.1, 0.15) is 0 Å². The highest BCUT2D eigenvalue weighted by atomic mass is 16.2. The van der Waals surface area contributed by atoms with E-state index in [1.54, 1.807) is 0 Å². The van der Waals surface area contributed by atoms with E-state index in [1.807, 2.05) is 16.5 Å². The molecular formula is C26H32N4O. The smallest absolute Gasteiger partial charge is 0.223 e. The van der Waals surface area contributed by atoms with Crippen LogP contribution in [0, 0.1) is 27.7 Å². The number of carbonyl (C=O) groups excluding carboxylic acids is 1. The van der Waals surface area contributed by atoms with E-state index in [0.29, 0.717) is 6.42 Å². The highest BCUT2D eigenvalue weighted by molar-refractivity contribution is 5.77. The van der Waals surface area contributed by atoms with Crippen molar-refractivity contribution in [3.05, 3.63) is 76.6 Å². The summed E-state index contributed by atoms with van der Waals surface area (Å²) in [5.74, 6) is 0.253. The first-order valence-electron chi connectivity index (χ1n) is 11.1. The van der Waals surface area contributed by atoms with Crippen molar-refractivity contribution in [1.29, 1.82) is 0 Å². The molecule has 2 aromatic carbocycles. The number of amides is 1. The van der Waals surface area contributed by atoms with E-state index in [2.05, 4.69) is 79.3 Å². The summed E-state index contributed by atoms with van der Waals surface area (Å²) in [5.41, 5.74) is 8.27. The molecule has 1 amide bonds. The van der Waals surface area contributed by atoms with Crippen molar-refractivity contribution in [2.24, 2.45) is 0 Å². The number of rotatable bonds is 5. The fourth-order valence-corrected chi connectivity index (χ4v) is 4.36. The number of carbonyl (C=O) groups is 1. The zero-order valence-electron chi connectivity index (χ0n) is 19.1. The molecule has 1 aliphatic rings. The zero-order valence-corrected chi connectivity index (χ0v) is 19.1. The summed E-state index contributed by atoms with van der Waals surface area (Å²) in [5, 5.41) is 4.54. The molecule has 1 saturated heterocycles. The highest BCUT2D eigenvalue weighted by Crippen LogP contribution is 2.23. The highest BCUT2D eigenvalue weighted by Gasteiger charge is 2.22. The molecule has 2 heterocycles. The van der Waals surface area contributed by atoms with Crippen LogP contribution in [0.5, 0.6) is 0 Å². The van der Waals surface area contributed by atoms with Gasteiger partial charge in [-0.2, -0.15) is 5.10 Å². The number of aromatic nitrogens is 2. The van der Waals surface area contributed by atoms with Gasteiger partial charge in [-0.1, -0.05) is 24.3 Å². The second-order valence-electron chi connectivity index (χ2n) is 8.66. The van der Waals surface area contributed by atoms with Crippen molar-refractivity contribution < 1.29 is 4.79 Å². The van der Waals surface area contributed by atoms with Crippen LogP contribution in [0.25, 0.3) is 5.69 Å². The van der Waals surface area contributed by atoms with Crippen molar-refractivity contribution in [1.82, 2.24) is 14.7 Å². The molecule has 0 radical (unpaired) electrons. The van der Waals surface area contributed by atoms with Crippen LogP contribution in [-0.2, 0) is 11.2 Å². The maximum Gasteiger partial charge on any atom is 0.223 e. The first-order chi connectivity index (χ1) is 14.9. The van der Waals surface area contributed by atoms with Gasteiger partial charge in [-0.15, -0.1) is 0 Å². The van der Waals surface area contributed by atoms with Crippen molar-refractivity contribution in [3.63, 3.8) is 0 Å². The Bertz CT molecular complexity index is 1060. The Morgan fingerprint density at radius 2 is 1.61 bits per heavy atom. The van der Waals surface area contributed by atoms with Crippen LogP contribution in [-0.4, -0.2) is 46.8 Å². The third-order valence-corrected chi connectivity index (χ3v) is 6.16. The van der Waals surface area contributed by atoms with Gasteiger partial charge in [-0.3, -0.25) is 4.79 Å². The van der Waals surface area contributed by atoms with Gasteiger partial charge >= 0.3 is 0 Å². The maximum atomic E-state index is 12.8. The van der Waals surface area contributed by atoms with Gasteiger partial charge in [-0.05, 0) is 75.1 Å². The van der Waals surface area contributed by atoms with E-state index < -0.39 is 0 Å². The molecule has 0 bridgehead atoms. The van der Waals surface area contributed by atoms with Crippen LogP contribution in [0.2, 0.25) is 0 Å². The topological polar surface area (TPSA) is 41.4 Å². The lowest BCUT2D eigenvalue weighted by Gasteiger charge is -2.37. The average Bonchev–Trinajstić information content (AvgIpc) is 3.12. The van der Waals surface area contributed by atoms with Gasteiger partial charge in [0, 0.05) is 44.0 Å². The third-order valence-electron chi connectivity index (χ3n) is 6.16. The fourth-order valence-electron chi connectivity index (χ4n) is 4.36. The summed E-state index contributed by atoms with van der Waals surface area (Å²) in [6.07, 6.45) is 1.33. The van der Waals surface area contributed by atoms with Gasteiger partial charge < -0.3 is 9.80 Å². The summed E-state index contributed by atoms with van der Waals surface area (Å²) in [6, 6.07) is 17.1. The van der Waals surface area contributed by atoms with E-state index in [0.717, 1.165) is 49.7 Å². The van der Waals surface area contributed by atoms with Crippen LogP contribution in [0.4, 0.5) is 5.69 Å². The molecule has 0 spiro atoms. The number of anilines is 1. The Morgan fingerprint density at radius 3 is 2.26 bits per heavy atom. The second-order valence-corrected chi connectivity index (χ2v) is 8.66. The van der Waals surface area contributed by atoms with Crippen LogP contribution >= 0.6 is 0 Å². The molecule has 0 N–H and O–H groups in total. The fraction of sp³-hybridized carbons (Fsp3) is 0.385. The van der Waals surface area contributed by atoms with Crippen molar-refractivity contribution >= 4 is 11.6 Å². The molecule has 3 aromatic rings. The first-order valence-corrected chi connectivity index (χ1v) is 11.1. The molecule has 31 heavy (non-hydrogen) atoms. The molecule has 0 unspecified atom stereocenters. The Labute approximate surface area is 185 Å². The molecule has 0 aliphatic carbocycles.